The van der Waals surface area contributed by atoms with E-state index in [1.165, 1.54) is 12.7 Å². The maximum absolute atomic E-state index is 13.9. The molecular weight excluding hydrogens is 328 g/mol. The molecule has 1 aliphatic heterocycles. The van der Waals surface area contributed by atoms with Gasteiger partial charge in [0.25, 0.3) is 0 Å². The second-order valence-corrected chi connectivity index (χ2v) is 5.75. The number of rotatable bonds is 4. The molecule has 25 heavy (non-hydrogen) atoms. The number of urea groups is 1. The number of anilines is 2. The van der Waals surface area contributed by atoms with Gasteiger partial charge in [0.1, 0.15) is 0 Å². The fourth-order valence-electron chi connectivity index (χ4n) is 2.87. The molecule has 1 heterocycles. The van der Waals surface area contributed by atoms with Crippen molar-refractivity contribution < 1.29 is 18.3 Å². The van der Waals surface area contributed by atoms with Crippen LogP contribution in [0.1, 0.15) is 17.5 Å². The van der Waals surface area contributed by atoms with Crippen LogP contribution in [0.3, 0.4) is 0 Å². The molecule has 5 nitrogen and oxygen atoms in total. The van der Waals surface area contributed by atoms with Crippen molar-refractivity contribution in [3.05, 3.63) is 53.1 Å². The van der Waals surface area contributed by atoms with Gasteiger partial charge in [-0.2, -0.15) is 0 Å². The summed E-state index contributed by atoms with van der Waals surface area (Å²) in [7, 11) is 1.24. The third-order valence-corrected chi connectivity index (χ3v) is 4.12. The third kappa shape index (κ3) is 3.81. The van der Waals surface area contributed by atoms with Crippen LogP contribution in [0.4, 0.5) is 25.0 Å². The highest BCUT2D eigenvalue weighted by Gasteiger charge is 2.15. The molecule has 3 rings (SSSR count). The molecule has 0 aromatic heterocycles. The first-order valence-electron chi connectivity index (χ1n) is 8.01. The van der Waals surface area contributed by atoms with Gasteiger partial charge in [-0.25, -0.2) is 13.6 Å². The minimum Gasteiger partial charge on any atom is -0.494 e. The highest BCUT2D eigenvalue weighted by atomic mass is 19.1. The molecule has 0 unspecified atom stereocenters. The highest BCUT2D eigenvalue weighted by Crippen LogP contribution is 2.26. The first-order valence-corrected chi connectivity index (χ1v) is 8.01. The van der Waals surface area contributed by atoms with Crippen molar-refractivity contribution in [3.63, 3.8) is 0 Å². The van der Waals surface area contributed by atoms with Gasteiger partial charge in [-0.1, -0.05) is 12.1 Å². The molecule has 0 saturated heterocycles. The lowest BCUT2D eigenvalue weighted by Crippen LogP contribution is -2.29. The second kappa shape index (κ2) is 7.38. The third-order valence-electron chi connectivity index (χ3n) is 4.12. The molecule has 0 fully saturated rings. The molecule has 2 aromatic carbocycles. The summed E-state index contributed by atoms with van der Waals surface area (Å²) in [5.74, 6) is -1.73. The summed E-state index contributed by atoms with van der Waals surface area (Å²) < 4.78 is 32.2. The van der Waals surface area contributed by atoms with Crippen LogP contribution in [0.2, 0.25) is 0 Å². The Morgan fingerprint density at radius 3 is 2.92 bits per heavy atom. The number of methoxy groups -OCH3 is 1. The monoisotopic (exact) mass is 347 g/mol. The predicted molar refractivity (Wildman–Crippen MR) is 92.0 cm³/mol. The van der Waals surface area contributed by atoms with Crippen molar-refractivity contribution in [2.45, 2.75) is 19.4 Å². The van der Waals surface area contributed by atoms with Gasteiger partial charge in [0.05, 0.1) is 12.8 Å². The summed E-state index contributed by atoms with van der Waals surface area (Å²) in [6, 6.07) is 7.05. The smallest absolute Gasteiger partial charge is 0.319 e. The van der Waals surface area contributed by atoms with Crippen molar-refractivity contribution in [2.75, 3.05) is 24.3 Å². The number of halogens is 2. The Morgan fingerprint density at radius 2 is 2.12 bits per heavy atom. The lowest BCUT2D eigenvalue weighted by Gasteiger charge is -2.21. The van der Waals surface area contributed by atoms with Crippen LogP contribution in [-0.4, -0.2) is 19.7 Å². The van der Waals surface area contributed by atoms with Crippen molar-refractivity contribution >= 4 is 17.4 Å². The van der Waals surface area contributed by atoms with Crippen LogP contribution in [0.15, 0.2) is 30.3 Å². The van der Waals surface area contributed by atoms with E-state index in [9.17, 15) is 13.6 Å². The van der Waals surface area contributed by atoms with E-state index in [1.54, 1.807) is 0 Å². The normalized spacial score (nSPS) is 12.8. The van der Waals surface area contributed by atoms with E-state index >= 15 is 0 Å². The van der Waals surface area contributed by atoms with Crippen LogP contribution in [0, 0.1) is 11.6 Å². The average Bonchev–Trinajstić information content (AvgIpc) is 2.62. The average molecular weight is 347 g/mol. The summed E-state index contributed by atoms with van der Waals surface area (Å²) in [5.41, 5.74) is 3.01. The van der Waals surface area contributed by atoms with E-state index in [0.717, 1.165) is 42.8 Å². The van der Waals surface area contributed by atoms with Gasteiger partial charge >= 0.3 is 6.03 Å². The van der Waals surface area contributed by atoms with E-state index < -0.39 is 17.7 Å². The Bertz CT molecular complexity index is 796. The second-order valence-electron chi connectivity index (χ2n) is 5.75. The van der Waals surface area contributed by atoms with Crippen LogP contribution in [0.5, 0.6) is 5.75 Å². The number of amides is 2. The lowest BCUT2D eigenvalue weighted by molar-refractivity contribution is 0.251. The number of hydrogen-bond donors (Lipinski definition) is 3. The highest BCUT2D eigenvalue weighted by molar-refractivity contribution is 5.89. The number of ether oxygens (including phenoxy) is 1. The standard InChI is InChI=1S/C18H19F2N3O2/c1-25-17-9-13(19)16(8-14(17)20)23-18(24)22-10-11-4-2-6-15-12(11)5-3-7-21-15/h2,4,6,8-9,21H,3,5,7,10H2,1H3,(H2,22,23,24). The van der Waals surface area contributed by atoms with Gasteiger partial charge in [-0.05, 0) is 30.0 Å². The lowest BCUT2D eigenvalue weighted by atomic mass is 9.97. The predicted octanol–water partition coefficient (Wildman–Crippen LogP) is 3.65. The van der Waals surface area contributed by atoms with Crippen molar-refractivity contribution in [1.29, 1.82) is 0 Å². The minimum absolute atomic E-state index is 0.216. The fraction of sp³-hybridized carbons (Fsp3) is 0.278. The largest absolute Gasteiger partial charge is 0.494 e. The summed E-state index contributed by atoms with van der Waals surface area (Å²) in [4.78, 5) is 12.0. The number of fused-ring (bicyclic) bond motifs is 1. The van der Waals surface area contributed by atoms with E-state index in [1.807, 2.05) is 18.2 Å². The molecule has 0 bridgehead atoms. The Morgan fingerprint density at radius 1 is 1.28 bits per heavy atom. The van der Waals surface area contributed by atoms with Crippen molar-refractivity contribution in [3.8, 4) is 5.75 Å². The quantitative estimate of drug-likeness (QED) is 0.791. The molecule has 0 aliphatic carbocycles. The van der Waals surface area contributed by atoms with Crippen molar-refractivity contribution in [1.82, 2.24) is 5.32 Å². The van der Waals surface area contributed by atoms with Gasteiger partial charge in [-0.15, -0.1) is 0 Å². The molecule has 0 atom stereocenters. The van der Waals surface area contributed by atoms with E-state index in [0.29, 0.717) is 6.54 Å². The zero-order chi connectivity index (χ0) is 17.8. The Kier molecular flexibility index (Phi) is 5.02. The molecule has 132 valence electrons. The molecule has 3 N–H and O–H groups in total. The molecule has 2 amide bonds. The maximum atomic E-state index is 13.9. The first kappa shape index (κ1) is 17.0. The van der Waals surface area contributed by atoms with Crippen molar-refractivity contribution in [2.24, 2.45) is 0 Å². The molecule has 0 saturated carbocycles. The van der Waals surface area contributed by atoms with Gasteiger partial charge in [0.15, 0.2) is 17.4 Å². The zero-order valence-corrected chi connectivity index (χ0v) is 13.8. The van der Waals surface area contributed by atoms with Gasteiger partial charge in [-0.3, -0.25) is 0 Å². The van der Waals surface area contributed by atoms with E-state index in [-0.39, 0.29) is 11.4 Å². The van der Waals surface area contributed by atoms with Crippen LogP contribution in [0.25, 0.3) is 0 Å². The topological polar surface area (TPSA) is 62.4 Å². The maximum Gasteiger partial charge on any atom is 0.319 e. The molecule has 0 radical (unpaired) electrons. The SMILES string of the molecule is COc1cc(F)c(NC(=O)NCc2cccc3c2CCCN3)cc1F. The van der Waals surface area contributed by atoms with Crippen LogP contribution >= 0.6 is 0 Å². The van der Waals surface area contributed by atoms with Gasteiger partial charge < -0.3 is 20.7 Å². The number of nitrogens with one attached hydrogen (secondary N) is 3. The molecule has 7 heteroatoms. The van der Waals surface area contributed by atoms with E-state index in [4.69, 9.17) is 4.74 Å². The number of carbonyl (C=O) groups is 1. The van der Waals surface area contributed by atoms with Gasteiger partial charge in [0, 0.05) is 30.9 Å². The van der Waals surface area contributed by atoms with Crippen LogP contribution < -0.4 is 20.7 Å². The van der Waals surface area contributed by atoms with Crippen LogP contribution in [-0.2, 0) is 13.0 Å². The molecule has 2 aromatic rings. The number of hydrogen-bond acceptors (Lipinski definition) is 3. The molecule has 1 aliphatic rings. The number of benzene rings is 2. The molecule has 0 spiro atoms. The van der Waals surface area contributed by atoms with Gasteiger partial charge in [0.2, 0.25) is 0 Å². The van der Waals surface area contributed by atoms with E-state index in [2.05, 4.69) is 16.0 Å². The molecular formula is C18H19F2N3O2. The summed E-state index contributed by atoms with van der Waals surface area (Å²) in [6.45, 7) is 1.24. The summed E-state index contributed by atoms with van der Waals surface area (Å²) >= 11 is 0. The Balaban J connectivity index is 1.65. The minimum atomic E-state index is -0.769. The number of carbonyl (C=O) groups excluding carboxylic acids is 1. The Labute approximate surface area is 144 Å². The summed E-state index contributed by atoms with van der Waals surface area (Å²) in [6.07, 6.45) is 1.98. The first-order chi connectivity index (χ1) is 12.1. The Hall–Kier alpha value is -2.83. The fourth-order valence-corrected chi connectivity index (χ4v) is 2.87. The zero-order valence-electron chi connectivity index (χ0n) is 13.8. The summed E-state index contributed by atoms with van der Waals surface area (Å²) in [5, 5.41) is 8.31.